The minimum Gasteiger partial charge on any atom is -0.477 e. The van der Waals surface area contributed by atoms with E-state index in [9.17, 15) is 4.79 Å². The average molecular weight is 228 g/mol. The number of carbonyl (C=O) groups is 1. The first-order valence-corrected chi connectivity index (χ1v) is 6.01. The Morgan fingerprint density at radius 1 is 1.53 bits per heavy atom. The highest BCUT2D eigenvalue weighted by Crippen LogP contribution is 2.17. The van der Waals surface area contributed by atoms with Crippen LogP contribution in [0.1, 0.15) is 41.4 Å². The Morgan fingerprint density at radius 2 is 2.33 bits per heavy atom. The molecule has 0 aromatic carbocycles. The summed E-state index contributed by atoms with van der Waals surface area (Å²) in [6.45, 7) is 3.26. The van der Waals surface area contributed by atoms with Gasteiger partial charge >= 0.3 is 5.97 Å². The molecule has 0 aliphatic carbocycles. The molecule has 0 aliphatic heterocycles. The normalized spacial score (nSPS) is 10.5. The summed E-state index contributed by atoms with van der Waals surface area (Å²) in [6.07, 6.45) is 3.38. The Bertz CT molecular complexity index is 307. The predicted molar refractivity (Wildman–Crippen MR) is 60.5 cm³/mol. The van der Waals surface area contributed by atoms with Crippen molar-refractivity contribution in [3.8, 4) is 0 Å². The molecule has 1 rings (SSSR count). The third-order valence-electron chi connectivity index (χ3n) is 2.09. The van der Waals surface area contributed by atoms with Crippen LogP contribution in [0.2, 0.25) is 0 Å². The van der Waals surface area contributed by atoms with Crippen molar-refractivity contribution in [1.82, 2.24) is 0 Å². The molecule has 1 heterocycles. The van der Waals surface area contributed by atoms with Crippen LogP contribution in [0.15, 0.2) is 11.4 Å². The minimum atomic E-state index is -0.864. The van der Waals surface area contributed by atoms with E-state index in [1.165, 1.54) is 17.8 Å². The molecule has 1 aromatic heterocycles. The Balaban J connectivity index is 2.31. The molecule has 3 nitrogen and oxygen atoms in total. The van der Waals surface area contributed by atoms with Crippen molar-refractivity contribution in [3.05, 3.63) is 21.9 Å². The van der Waals surface area contributed by atoms with E-state index in [0.717, 1.165) is 18.4 Å². The van der Waals surface area contributed by atoms with Crippen LogP contribution < -0.4 is 0 Å². The fourth-order valence-electron chi connectivity index (χ4n) is 1.27. The molecule has 4 heteroatoms. The van der Waals surface area contributed by atoms with Gasteiger partial charge in [-0.25, -0.2) is 4.79 Å². The fourth-order valence-corrected chi connectivity index (χ4v) is 2.02. The van der Waals surface area contributed by atoms with E-state index < -0.39 is 5.97 Å². The van der Waals surface area contributed by atoms with E-state index in [1.807, 2.05) is 6.07 Å². The van der Waals surface area contributed by atoms with E-state index in [0.29, 0.717) is 18.1 Å². The number of hydrogen-bond acceptors (Lipinski definition) is 3. The summed E-state index contributed by atoms with van der Waals surface area (Å²) in [5, 5.41) is 10.6. The number of rotatable bonds is 7. The van der Waals surface area contributed by atoms with E-state index in [1.54, 1.807) is 5.38 Å². The van der Waals surface area contributed by atoms with Gasteiger partial charge in [0.2, 0.25) is 0 Å². The lowest BCUT2D eigenvalue weighted by molar-refractivity contribution is 0.0693. The van der Waals surface area contributed by atoms with Gasteiger partial charge in [-0.2, -0.15) is 0 Å². The van der Waals surface area contributed by atoms with Gasteiger partial charge in [0.25, 0.3) is 0 Å². The van der Waals surface area contributed by atoms with Gasteiger partial charge in [-0.1, -0.05) is 19.8 Å². The number of hydrogen-bond donors (Lipinski definition) is 1. The molecule has 0 aliphatic rings. The molecule has 0 saturated carbocycles. The van der Waals surface area contributed by atoms with Crippen LogP contribution in [-0.4, -0.2) is 17.7 Å². The quantitative estimate of drug-likeness (QED) is 0.729. The molecule has 0 spiro atoms. The first-order valence-electron chi connectivity index (χ1n) is 5.13. The standard InChI is InChI=1S/C11H16O3S/c1-2-3-4-6-14-8-9-5-7-15-10(9)11(12)13/h5,7H,2-4,6,8H2,1H3,(H,12,13). The smallest absolute Gasteiger partial charge is 0.346 e. The van der Waals surface area contributed by atoms with Crippen LogP contribution in [-0.2, 0) is 11.3 Å². The SMILES string of the molecule is CCCCCOCc1ccsc1C(=O)O. The van der Waals surface area contributed by atoms with Gasteiger partial charge in [-0.05, 0) is 17.9 Å². The van der Waals surface area contributed by atoms with Crippen LogP contribution in [0, 0.1) is 0 Å². The maximum Gasteiger partial charge on any atom is 0.346 e. The molecule has 0 fully saturated rings. The second kappa shape index (κ2) is 6.58. The van der Waals surface area contributed by atoms with Gasteiger partial charge in [0, 0.05) is 12.2 Å². The van der Waals surface area contributed by atoms with Crippen molar-refractivity contribution in [2.75, 3.05) is 6.61 Å². The maximum atomic E-state index is 10.8. The van der Waals surface area contributed by atoms with Crippen LogP contribution in [0.4, 0.5) is 0 Å². The average Bonchev–Trinajstić information content (AvgIpc) is 2.66. The number of ether oxygens (including phenoxy) is 1. The Labute approximate surface area is 93.7 Å². The summed E-state index contributed by atoms with van der Waals surface area (Å²) in [5.41, 5.74) is 0.781. The summed E-state index contributed by atoms with van der Waals surface area (Å²) >= 11 is 1.25. The van der Waals surface area contributed by atoms with E-state index >= 15 is 0 Å². The number of unbranched alkanes of at least 4 members (excludes halogenated alkanes) is 2. The third-order valence-corrected chi connectivity index (χ3v) is 3.04. The molecule has 0 saturated heterocycles. The van der Waals surface area contributed by atoms with Crippen molar-refractivity contribution in [2.24, 2.45) is 0 Å². The number of aromatic carboxylic acids is 1. The summed E-state index contributed by atoms with van der Waals surface area (Å²) in [4.78, 5) is 11.2. The molecular formula is C11H16O3S. The molecule has 0 unspecified atom stereocenters. The highest BCUT2D eigenvalue weighted by atomic mass is 32.1. The van der Waals surface area contributed by atoms with Crippen LogP contribution in [0.3, 0.4) is 0 Å². The Kier molecular flexibility index (Phi) is 5.36. The topological polar surface area (TPSA) is 46.5 Å². The van der Waals surface area contributed by atoms with Gasteiger partial charge in [0.15, 0.2) is 0 Å². The molecule has 1 aromatic rings. The zero-order valence-electron chi connectivity index (χ0n) is 8.86. The lowest BCUT2D eigenvalue weighted by Crippen LogP contribution is -2.01. The first kappa shape index (κ1) is 12.2. The Hall–Kier alpha value is -0.870. The molecule has 0 amide bonds. The summed E-state index contributed by atoms with van der Waals surface area (Å²) in [7, 11) is 0. The molecule has 84 valence electrons. The van der Waals surface area contributed by atoms with Crippen molar-refractivity contribution in [3.63, 3.8) is 0 Å². The maximum absolute atomic E-state index is 10.8. The third kappa shape index (κ3) is 4.01. The summed E-state index contributed by atoms with van der Waals surface area (Å²) in [6, 6.07) is 1.81. The highest BCUT2D eigenvalue weighted by Gasteiger charge is 2.10. The van der Waals surface area contributed by atoms with Crippen molar-refractivity contribution >= 4 is 17.3 Å². The number of carboxylic acids is 1. The lowest BCUT2D eigenvalue weighted by atomic mass is 10.2. The number of thiophene rings is 1. The second-order valence-electron chi connectivity index (χ2n) is 3.34. The van der Waals surface area contributed by atoms with Crippen molar-refractivity contribution in [2.45, 2.75) is 32.8 Å². The summed E-state index contributed by atoms with van der Waals surface area (Å²) < 4.78 is 5.41. The highest BCUT2D eigenvalue weighted by molar-refractivity contribution is 7.12. The first-order chi connectivity index (χ1) is 7.25. The van der Waals surface area contributed by atoms with Crippen LogP contribution in [0.25, 0.3) is 0 Å². The van der Waals surface area contributed by atoms with E-state index in [2.05, 4.69) is 6.92 Å². The minimum absolute atomic E-state index is 0.394. The molecular weight excluding hydrogens is 212 g/mol. The van der Waals surface area contributed by atoms with E-state index in [4.69, 9.17) is 9.84 Å². The molecule has 0 bridgehead atoms. The zero-order valence-corrected chi connectivity index (χ0v) is 9.68. The van der Waals surface area contributed by atoms with Gasteiger partial charge in [0.05, 0.1) is 6.61 Å². The van der Waals surface area contributed by atoms with Gasteiger partial charge < -0.3 is 9.84 Å². The van der Waals surface area contributed by atoms with Gasteiger partial charge in [-0.3, -0.25) is 0 Å². The van der Waals surface area contributed by atoms with Gasteiger partial charge in [0.1, 0.15) is 4.88 Å². The fraction of sp³-hybridized carbons (Fsp3) is 0.545. The molecule has 1 N–H and O–H groups in total. The summed E-state index contributed by atoms with van der Waals surface area (Å²) in [5.74, 6) is -0.864. The predicted octanol–water partition coefficient (Wildman–Crippen LogP) is 3.15. The van der Waals surface area contributed by atoms with Crippen LogP contribution >= 0.6 is 11.3 Å². The van der Waals surface area contributed by atoms with Gasteiger partial charge in [-0.15, -0.1) is 11.3 Å². The van der Waals surface area contributed by atoms with Crippen molar-refractivity contribution < 1.29 is 14.6 Å². The molecule has 15 heavy (non-hydrogen) atoms. The zero-order chi connectivity index (χ0) is 11.1. The molecule has 0 atom stereocenters. The van der Waals surface area contributed by atoms with Crippen LogP contribution in [0.5, 0.6) is 0 Å². The second-order valence-corrected chi connectivity index (χ2v) is 4.26. The Morgan fingerprint density at radius 3 is 3.00 bits per heavy atom. The lowest BCUT2D eigenvalue weighted by Gasteiger charge is -2.02. The van der Waals surface area contributed by atoms with E-state index in [-0.39, 0.29) is 0 Å². The molecule has 0 radical (unpaired) electrons. The van der Waals surface area contributed by atoms with Crippen molar-refractivity contribution in [1.29, 1.82) is 0 Å². The largest absolute Gasteiger partial charge is 0.477 e. The monoisotopic (exact) mass is 228 g/mol. The number of carboxylic acid groups (broad SMARTS) is 1.